The number of carbonyl (C=O) groups excluding carboxylic acids is 1. The SMILES string of the molecule is O=C(/C=C/c1ccc(/C=C(/CNC2CC2)c2ccccc2)cc1)CO. The van der Waals surface area contributed by atoms with E-state index >= 15 is 0 Å². The topological polar surface area (TPSA) is 49.3 Å². The molecule has 25 heavy (non-hydrogen) atoms. The van der Waals surface area contributed by atoms with Crippen LogP contribution in [0, 0.1) is 0 Å². The van der Waals surface area contributed by atoms with Crippen molar-refractivity contribution in [3.63, 3.8) is 0 Å². The van der Waals surface area contributed by atoms with E-state index < -0.39 is 6.61 Å². The number of hydrogen-bond acceptors (Lipinski definition) is 3. The Morgan fingerprint density at radius 2 is 1.72 bits per heavy atom. The van der Waals surface area contributed by atoms with Gasteiger partial charge in [0, 0.05) is 12.6 Å². The lowest BCUT2D eigenvalue weighted by Crippen LogP contribution is -2.18. The van der Waals surface area contributed by atoms with E-state index in [1.54, 1.807) is 6.08 Å². The molecule has 128 valence electrons. The van der Waals surface area contributed by atoms with Crippen molar-refractivity contribution in [2.75, 3.05) is 13.2 Å². The number of rotatable bonds is 8. The molecule has 0 heterocycles. The van der Waals surface area contributed by atoms with Crippen molar-refractivity contribution >= 4 is 23.5 Å². The summed E-state index contributed by atoms with van der Waals surface area (Å²) in [6, 6.07) is 19.1. The van der Waals surface area contributed by atoms with Crippen LogP contribution < -0.4 is 5.32 Å². The summed E-state index contributed by atoms with van der Waals surface area (Å²) in [6.45, 7) is 0.410. The van der Waals surface area contributed by atoms with Crippen LogP contribution in [0.4, 0.5) is 0 Å². The van der Waals surface area contributed by atoms with Gasteiger partial charge in [-0.1, -0.05) is 60.7 Å². The second-order valence-electron chi connectivity index (χ2n) is 6.32. The van der Waals surface area contributed by atoms with Crippen LogP contribution in [0.3, 0.4) is 0 Å². The fraction of sp³-hybridized carbons (Fsp3) is 0.227. The molecule has 0 bridgehead atoms. The van der Waals surface area contributed by atoms with Gasteiger partial charge in [-0.15, -0.1) is 0 Å². The van der Waals surface area contributed by atoms with Crippen LogP contribution in [0.2, 0.25) is 0 Å². The summed E-state index contributed by atoms with van der Waals surface area (Å²) in [4.78, 5) is 11.1. The van der Waals surface area contributed by atoms with Crippen molar-refractivity contribution in [3.05, 3.63) is 77.4 Å². The Labute approximate surface area is 148 Å². The standard InChI is InChI=1S/C22H23NO2/c24-16-22(25)13-10-17-6-8-18(9-7-17)14-20(15-23-21-11-12-21)19-4-2-1-3-5-19/h1-10,13-14,21,23-24H,11-12,15-16H2/b13-10+,20-14-. The zero-order valence-corrected chi connectivity index (χ0v) is 14.2. The second-order valence-corrected chi connectivity index (χ2v) is 6.32. The van der Waals surface area contributed by atoms with Crippen molar-refractivity contribution in [1.29, 1.82) is 0 Å². The molecule has 3 nitrogen and oxygen atoms in total. The van der Waals surface area contributed by atoms with Crippen molar-refractivity contribution in [3.8, 4) is 0 Å². The number of benzene rings is 2. The molecule has 0 unspecified atom stereocenters. The predicted molar refractivity (Wildman–Crippen MR) is 103 cm³/mol. The minimum atomic E-state index is -0.453. The lowest BCUT2D eigenvalue weighted by Gasteiger charge is -2.10. The average Bonchev–Trinajstić information content (AvgIpc) is 3.49. The molecule has 3 heteroatoms. The number of hydrogen-bond donors (Lipinski definition) is 2. The lowest BCUT2D eigenvalue weighted by molar-refractivity contribution is -0.117. The first-order valence-corrected chi connectivity index (χ1v) is 8.66. The molecule has 1 aliphatic carbocycles. The smallest absolute Gasteiger partial charge is 0.181 e. The largest absolute Gasteiger partial charge is 0.388 e. The fourth-order valence-electron chi connectivity index (χ4n) is 2.58. The number of carbonyl (C=O) groups is 1. The maximum Gasteiger partial charge on any atom is 0.181 e. The Balaban J connectivity index is 1.76. The van der Waals surface area contributed by atoms with Crippen LogP contribution in [-0.4, -0.2) is 30.1 Å². The molecule has 1 fully saturated rings. The summed E-state index contributed by atoms with van der Waals surface area (Å²) in [5.74, 6) is -0.290. The van der Waals surface area contributed by atoms with E-state index in [4.69, 9.17) is 5.11 Å². The predicted octanol–water partition coefficient (Wildman–Crippen LogP) is 3.55. The summed E-state index contributed by atoms with van der Waals surface area (Å²) < 4.78 is 0. The van der Waals surface area contributed by atoms with Gasteiger partial charge >= 0.3 is 0 Å². The molecule has 1 saturated carbocycles. The third kappa shape index (κ3) is 5.52. The molecular weight excluding hydrogens is 310 g/mol. The minimum absolute atomic E-state index is 0.290. The van der Waals surface area contributed by atoms with Crippen LogP contribution in [0.25, 0.3) is 17.7 Å². The molecule has 2 aromatic carbocycles. The van der Waals surface area contributed by atoms with Gasteiger partial charge in [0.25, 0.3) is 0 Å². The van der Waals surface area contributed by atoms with E-state index in [0.717, 1.165) is 17.7 Å². The summed E-state index contributed by atoms with van der Waals surface area (Å²) in [5, 5.41) is 12.3. The highest BCUT2D eigenvalue weighted by Gasteiger charge is 2.20. The van der Waals surface area contributed by atoms with Gasteiger partial charge in [-0.3, -0.25) is 4.79 Å². The Bertz CT molecular complexity index is 756. The minimum Gasteiger partial charge on any atom is -0.388 e. The van der Waals surface area contributed by atoms with E-state index in [1.807, 2.05) is 30.3 Å². The molecule has 0 aliphatic heterocycles. The van der Waals surface area contributed by atoms with Crippen LogP contribution >= 0.6 is 0 Å². The van der Waals surface area contributed by atoms with Crippen LogP contribution in [0.1, 0.15) is 29.5 Å². The van der Waals surface area contributed by atoms with E-state index in [2.05, 4.69) is 35.7 Å². The van der Waals surface area contributed by atoms with E-state index in [0.29, 0.717) is 6.04 Å². The first-order valence-electron chi connectivity index (χ1n) is 8.66. The molecule has 0 aromatic heterocycles. The first kappa shape index (κ1) is 17.3. The zero-order chi connectivity index (χ0) is 17.5. The van der Waals surface area contributed by atoms with Crippen molar-refractivity contribution in [1.82, 2.24) is 5.32 Å². The molecule has 0 spiro atoms. The van der Waals surface area contributed by atoms with Crippen molar-refractivity contribution in [2.24, 2.45) is 0 Å². The van der Waals surface area contributed by atoms with Gasteiger partial charge in [-0.25, -0.2) is 0 Å². The van der Waals surface area contributed by atoms with Crippen LogP contribution in [0.15, 0.2) is 60.7 Å². The fourth-order valence-corrected chi connectivity index (χ4v) is 2.58. The molecule has 2 aromatic rings. The Morgan fingerprint density at radius 3 is 2.36 bits per heavy atom. The van der Waals surface area contributed by atoms with E-state index in [9.17, 15) is 4.79 Å². The lowest BCUT2D eigenvalue weighted by atomic mass is 10.0. The zero-order valence-electron chi connectivity index (χ0n) is 14.2. The van der Waals surface area contributed by atoms with Gasteiger partial charge in [0.05, 0.1) is 0 Å². The molecule has 0 saturated heterocycles. The quantitative estimate of drug-likeness (QED) is 0.574. The Hall–Kier alpha value is -2.49. The third-order valence-electron chi connectivity index (χ3n) is 4.20. The van der Waals surface area contributed by atoms with Crippen molar-refractivity contribution in [2.45, 2.75) is 18.9 Å². The van der Waals surface area contributed by atoms with Gasteiger partial charge in [-0.05, 0) is 47.3 Å². The number of aliphatic hydroxyl groups is 1. The maximum absolute atomic E-state index is 11.1. The van der Waals surface area contributed by atoms with Gasteiger partial charge in [0.1, 0.15) is 6.61 Å². The summed E-state index contributed by atoms with van der Waals surface area (Å²) >= 11 is 0. The summed E-state index contributed by atoms with van der Waals surface area (Å²) in [5.41, 5.74) is 4.57. The third-order valence-corrected chi connectivity index (χ3v) is 4.20. The van der Waals surface area contributed by atoms with Crippen LogP contribution in [0.5, 0.6) is 0 Å². The molecule has 2 N–H and O–H groups in total. The molecule has 3 rings (SSSR count). The monoisotopic (exact) mass is 333 g/mol. The van der Waals surface area contributed by atoms with Gasteiger partial charge in [0.2, 0.25) is 0 Å². The second kappa shape index (κ2) is 8.56. The van der Waals surface area contributed by atoms with Gasteiger partial charge < -0.3 is 10.4 Å². The molecule has 0 atom stereocenters. The highest BCUT2D eigenvalue weighted by atomic mass is 16.3. The van der Waals surface area contributed by atoms with E-state index in [1.165, 1.54) is 30.1 Å². The summed E-state index contributed by atoms with van der Waals surface area (Å²) in [6.07, 6.45) is 7.88. The Morgan fingerprint density at radius 1 is 1.04 bits per heavy atom. The molecular formula is C22H23NO2. The first-order chi connectivity index (χ1) is 12.2. The Kier molecular flexibility index (Phi) is 5.94. The molecule has 0 amide bonds. The average molecular weight is 333 g/mol. The number of nitrogens with one attached hydrogen (secondary N) is 1. The summed E-state index contributed by atoms with van der Waals surface area (Å²) in [7, 11) is 0. The highest BCUT2D eigenvalue weighted by Crippen LogP contribution is 2.22. The normalized spacial score (nSPS) is 14.8. The molecule has 1 aliphatic rings. The van der Waals surface area contributed by atoms with Crippen molar-refractivity contribution < 1.29 is 9.90 Å². The number of aliphatic hydroxyl groups excluding tert-OH is 1. The van der Waals surface area contributed by atoms with E-state index in [-0.39, 0.29) is 5.78 Å². The van der Waals surface area contributed by atoms with Crippen LogP contribution in [-0.2, 0) is 4.79 Å². The van der Waals surface area contributed by atoms with Gasteiger partial charge in [0.15, 0.2) is 5.78 Å². The van der Waals surface area contributed by atoms with Gasteiger partial charge in [-0.2, -0.15) is 0 Å². The number of ketones is 1. The molecule has 0 radical (unpaired) electrons. The maximum atomic E-state index is 11.1. The highest BCUT2D eigenvalue weighted by molar-refractivity contribution is 5.94.